The number of benzene rings is 1. The summed E-state index contributed by atoms with van der Waals surface area (Å²) in [6.45, 7) is 7.58. The number of thioether (sulfide) groups is 2. The second kappa shape index (κ2) is 8.53. The van der Waals surface area contributed by atoms with E-state index in [-0.39, 0.29) is 10.2 Å². The molecule has 0 radical (unpaired) electrons. The fourth-order valence-electron chi connectivity index (χ4n) is 1.97. The average Bonchev–Trinajstić information content (AvgIpc) is 2.33. The van der Waals surface area contributed by atoms with Gasteiger partial charge < -0.3 is 0 Å². The van der Waals surface area contributed by atoms with Crippen LogP contribution in [0.25, 0.3) is 0 Å². The highest BCUT2D eigenvalue weighted by Crippen LogP contribution is 2.22. The molecule has 4 heteroatoms. The fraction of sp³-hybridized carbons (Fsp3) is 0.500. The van der Waals surface area contributed by atoms with Gasteiger partial charge in [0.25, 0.3) is 0 Å². The maximum Gasteiger partial charge on any atom is 0.186 e. The van der Waals surface area contributed by atoms with Crippen molar-refractivity contribution in [2.75, 3.05) is 0 Å². The lowest BCUT2D eigenvalue weighted by Gasteiger charge is -2.11. The van der Waals surface area contributed by atoms with Gasteiger partial charge in [-0.1, -0.05) is 55.6 Å². The van der Waals surface area contributed by atoms with Crippen molar-refractivity contribution in [1.29, 1.82) is 0 Å². The molecule has 110 valence electrons. The van der Waals surface area contributed by atoms with Crippen LogP contribution >= 0.6 is 23.5 Å². The number of carbonyl (C=O) groups is 2. The van der Waals surface area contributed by atoms with E-state index in [1.807, 2.05) is 0 Å². The van der Waals surface area contributed by atoms with Gasteiger partial charge in [-0.05, 0) is 29.0 Å². The second-order valence-electron chi connectivity index (χ2n) is 5.32. The molecule has 0 aliphatic heterocycles. The van der Waals surface area contributed by atoms with Gasteiger partial charge in [0, 0.05) is 25.4 Å². The normalized spacial score (nSPS) is 10.8. The smallest absolute Gasteiger partial charge is 0.186 e. The molecule has 1 aromatic rings. The summed E-state index contributed by atoms with van der Waals surface area (Å²) in [5.74, 6) is 2.01. The van der Waals surface area contributed by atoms with Crippen LogP contribution in [0.4, 0.5) is 0 Å². The Bertz CT molecular complexity index is 445. The molecule has 0 bridgehead atoms. The van der Waals surface area contributed by atoms with Crippen molar-refractivity contribution in [3.63, 3.8) is 0 Å². The van der Waals surface area contributed by atoms with Gasteiger partial charge in [0.2, 0.25) is 0 Å². The standard InChI is InChI=1S/C16H22O2S2/c1-11(2)5-14-6-15(9-19-12(3)17)8-16(7-14)10-20-13(4)18/h6-8,11H,5,9-10H2,1-4H3. The van der Waals surface area contributed by atoms with Crippen molar-refractivity contribution >= 4 is 33.8 Å². The third-order valence-corrected chi connectivity index (χ3v) is 4.41. The highest BCUT2D eigenvalue weighted by atomic mass is 32.2. The van der Waals surface area contributed by atoms with Crippen molar-refractivity contribution < 1.29 is 9.59 Å². The summed E-state index contributed by atoms with van der Waals surface area (Å²) in [4.78, 5) is 22.2. The molecule has 0 aliphatic carbocycles. The van der Waals surface area contributed by atoms with Gasteiger partial charge in [-0.3, -0.25) is 9.59 Å². The summed E-state index contributed by atoms with van der Waals surface area (Å²) in [5, 5.41) is 0.276. The number of hydrogen-bond acceptors (Lipinski definition) is 4. The highest BCUT2D eigenvalue weighted by Gasteiger charge is 2.06. The molecule has 0 aromatic heterocycles. The van der Waals surface area contributed by atoms with Crippen molar-refractivity contribution in [1.82, 2.24) is 0 Å². The van der Waals surface area contributed by atoms with Crippen LogP contribution in [0.1, 0.15) is 44.4 Å². The lowest BCUT2D eigenvalue weighted by atomic mass is 9.99. The summed E-state index contributed by atoms with van der Waals surface area (Å²) in [6, 6.07) is 6.46. The Hall–Kier alpha value is -0.740. The van der Waals surface area contributed by atoms with E-state index in [9.17, 15) is 9.59 Å². The topological polar surface area (TPSA) is 34.1 Å². The third-order valence-electron chi connectivity index (χ3n) is 2.64. The largest absolute Gasteiger partial charge is 0.288 e. The van der Waals surface area contributed by atoms with E-state index in [0.717, 1.165) is 6.42 Å². The zero-order valence-corrected chi connectivity index (χ0v) is 14.2. The van der Waals surface area contributed by atoms with E-state index in [1.54, 1.807) is 13.8 Å². The van der Waals surface area contributed by atoms with Crippen LogP contribution in [-0.2, 0) is 27.5 Å². The predicted octanol–water partition coefficient (Wildman–Crippen LogP) is 4.44. The molecule has 1 rings (SSSR count). The first-order valence-corrected chi connectivity index (χ1v) is 8.72. The van der Waals surface area contributed by atoms with Gasteiger partial charge in [0.1, 0.15) is 0 Å². The molecule has 0 unspecified atom stereocenters. The lowest BCUT2D eigenvalue weighted by Crippen LogP contribution is -1.98. The summed E-state index contributed by atoms with van der Waals surface area (Å²) < 4.78 is 0. The van der Waals surface area contributed by atoms with Gasteiger partial charge in [0.05, 0.1) is 0 Å². The first-order valence-electron chi connectivity index (χ1n) is 6.75. The van der Waals surface area contributed by atoms with Gasteiger partial charge in [-0.25, -0.2) is 0 Å². The van der Waals surface area contributed by atoms with Crippen LogP contribution in [-0.4, -0.2) is 10.2 Å². The molecule has 0 heterocycles. The zero-order chi connectivity index (χ0) is 15.1. The van der Waals surface area contributed by atoms with E-state index in [4.69, 9.17) is 0 Å². The van der Waals surface area contributed by atoms with E-state index >= 15 is 0 Å². The van der Waals surface area contributed by atoms with Crippen LogP contribution in [0.15, 0.2) is 18.2 Å². The molecule has 0 fully saturated rings. The molecule has 2 nitrogen and oxygen atoms in total. The van der Waals surface area contributed by atoms with E-state index in [0.29, 0.717) is 17.4 Å². The fourth-order valence-corrected chi connectivity index (χ4v) is 3.04. The van der Waals surface area contributed by atoms with Crippen LogP contribution in [0, 0.1) is 5.92 Å². The number of hydrogen-bond donors (Lipinski definition) is 0. The Morgan fingerprint density at radius 2 is 1.30 bits per heavy atom. The van der Waals surface area contributed by atoms with Crippen molar-refractivity contribution in [2.45, 2.75) is 45.6 Å². The maximum atomic E-state index is 11.1. The first kappa shape index (κ1) is 17.3. The summed E-state index contributed by atoms with van der Waals surface area (Å²) in [5.41, 5.74) is 3.63. The van der Waals surface area contributed by atoms with Crippen LogP contribution in [0.3, 0.4) is 0 Å². The lowest BCUT2D eigenvalue weighted by molar-refractivity contribution is -0.109. The number of rotatable bonds is 6. The minimum atomic E-state index is 0.138. The molecule has 0 aliphatic rings. The van der Waals surface area contributed by atoms with Crippen LogP contribution in [0.5, 0.6) is 0 Å². The minimum absolute atomic E-state index is 0.138. The molecule has 0 saturated heterocycles. The van der Waals surface area contributed by atoms with Gasteiger partial charge in [-0.15, -0.1) is 0 Å². The van der Waals surface area contributed by atoms with Gasteiger partial charge >= 0.3 is 0 Å². The van der Waals surface area contributed by atoms with Crippen molar-refractivity contribution in [2.24, 2.45) is 5.92 Å². The summed E-state index contributed by atoms with van der Waals surface area (Å²) in [7, 11) is 0. The molecule has 20 heavy (non-hydrogen) atoms. The average molecular weight is 310 g/mol. The molecule has 0 atom stereocenters. The van der Waals surface area contributed by atoms with Crippen LogP contribution in [0.2, 0.25) is 0 Å². The Morgan fingerprint density at radius 1 is 0.900 bits per heavy atom. The molecular weight excluding hydrogens is 288 g/mol. The second-order valence-corrected chi connectivity index (χ2v) is 7.62. The highest BCUT2D eigenvalue weighted by molar-refractivity contribution is 8.13. The minimum Gasteiger partial charge on any atom is -0.288 e. The molecule has 1 aromatic carbocycles. The number of carbonyl (C=O) groups excluding carboxylic acids is 2. The summed E-state index contributed by atoms with van der Waals surface area (Å²) >= 11 is 2.66. The monoisotopic (exact) mass is 310 g/mol. The Balaban J connectivity index is 2.88. The molecule has 0 amide bonds. The SMILES string of the molecule is CC(=O)SCc1cc(CSC(C)=O)cc(CC(C)C)c1. The third kappa shape index (κ3) is 7.15. The van der Waals surface area contributed by atoms with Crippen LogP contribution < -0.4 is 0 Å². The van der Waals surface area contributed by atoms with E-state index < -0.39 is 0 Å². The molecule has 0 saturated carbocycles. The zero-order valence-electron chi connectivity index (χ0n) is 12.6. The van der Waals surface area contributed by atoms with E-state index in [1.165, 1.54) is 40.2 Å². The quantitative estimate of drug-likeness (QED) is 0.777. The predicted molar refractivity (Wildman–Crippen MR) is 88.9 cm³/mol. The van der Waals surface area contributed by atoms with E-state index in [2.05, 4.69) is 32.0 Å². The van der Waals surface area contributed by atoms with Crippen molar-refractivity contribution in [3.05, 3.63) is 34.9 Å². The first-order chi connectivity index (χ1) is 9.36. The molecular formula is C16H22O2S2. The maximum absolute atomic E-state index is 11.1. The Labute approximate surface area is 130 Å². The van der Waals surface area contributed by atoms with Gasteiger partial charge in [-0.2, -0.15) is 0 Å². The summed E-state index contributed by atoms with van der Waals surface area (Å²) in [6.07, 6.45) is 1.02. The molecule has 0 N–H and O–H groups in total. The Kier molecular flexibility index (Phi) is 7.38. The Morgan fingerprint density at radius 3 is 1.65 bits per heavy atom. The van der Waals surface area contributed by atoms with Crippen molar-refractivity contribution in [3.8, 4) is 0 Å². The molecule has 0 spiro atoms. The van der Waals surface area contributed by atoms with Gasteiger partial charge in [0.15, 0.2) is 10.2 Å².